The van der Waals surface area contributed by atoms with Crippen LogP contribution in [0.15, 0.2) is 0 Å². The van der Waals surface area contributed by atoms with Gasteiger partial charge in [-0.2, -0.15) is 0 Å². The number of aliphatic hydroxyl groups excluding tert-OH is 2. The Morgan fingerprint density at radius 3 is 1.11 bits per heavy atom. The normalized spacial score (nSPS) is 10.0. The van der Waals surface area contributed by atoms with Crippen LogP contribution < -0.4 is 29.6 Å². The molecule has 0 bridgehead atoms. The van der Waals surface area contributed by atoms with Gasteiger partial charge in [-0.3, -0.25) is 9.05 Å². The molecule has 118 valence electrons. The first-order valence-electron chi connectivity index (χ1n) is 3.74. The van der Waals surface area contributed by atoms with Crippen molar-refractivity contribution in [2.24, 2.45) is 0 Å². The second kappa shape index (κ2) is 17.1. The summed E-state index contributed by atoms with van der Waals surface area (Å²) in [6, 6.07) is 0. The third kappa shape index (κ3) is 45.3. The van der Waals surface area contributed by atoms with Gasteiger partial charge in [-0.1, -0.05) is 0 Å². The molecule has 19 heavy (non-hydrogen) atoms. The Morgan fingerprint density at radius 2 is 1.00 bits per heavy atom. The standard InChI is InChI=1S/C2H8O8P2.C2H6O2.Na.2H2O.H/c3-11(4,5)9-1-2-10-12(6,7)8;3-1-2-4;;;;/h1-2H2,(H2,3,4,5)(H2,6,7,8);3-4H,1-2H2;;2*1H2;/q;;+1;;;-1. The maximum absolute atomic E-state index is 9.98. The van der Waals surface area contributed by atoms with E-state index >= 15 is 0 Å². The summed E-state index contributed by atoms with van der Waals surface area (Å²) < 4.78 is 27.6. The van der Waals surface area contributed by atoms with Crippen molar-refractivity contribution in [3.05, 3.63) is 0 Å². The van der Waals surface area contributed by atoms with Crippen molar-refractivity contribution in [3.63, 3.8) is 0 Å². The molecule has 10 N–H and O–H groups in total. The van der Waals surface area contributed by atoms with Crippen LogP contribution in [0.1, 0.15) is 1.43 Å². The van der Waals surface area contributed by atoms with Crippen LogP contribution in [0, 0.1) is 0 Å². The Bertz CT molecular complexity index is 228. The van der Waals surface area contributed by atoms with Crippen molar-refractivity contribution in [3.8, 4) is 0 Å². The van der Waals surface area contributed by atoms with Crippen LogP contribution in [0.3, 0.4) is 0 Å². The fourth-order valence-electron chi connectivity index (χ4n) is 0.312. The molecule has 0 unspecified atom stereocenters. The molecule has 0 fully saturated rings. The minimum absolute atomic E-state index is 0. The van der Waals surface area contributed by atoms with E-state index in [-0.39, 0.29) is 55.2 Å². The van der Waals surface area contributed by atoms with Gasteiger partial charge < -0.3 is 42.2 Å². The fraction of sp³-hybridized carbons (Fsp3) is 1.00. The van der Waals surface area contributed by atoms with Gasteiger partial charge in [0.15, 0.2) is 0 Å². The molecule has 0 aliphatic rings. The zero-order chi connectivity index (χ0) is 13.2. The first kappa shape index (κ1) is 32.1. The number of aliphatic hydroxyl groups is 2. The summed E-state index contributed by atoms with van der Waals surface area (Å²) in [4.78, 5) is 32.3. The number of hydrogen-bond donors (Lipinski definition) is 6. The van der Waals surface area contributed by atoms with Gasteiger partial charge in [-0.05, 0) is 0 Å². The van der Waals surface area contributed by atoms with Crippen LogP contribution in [0.2, 0.25) is 0 Å². The van der Waals surface area contributed by atoms with Crippen LogP contribution in [0.5, 0.6) is 0 Å². The molecule has 0 saturated heterocycles. The molecule has 0 aliphatic heterocycles. The third-order valence-corrected chi connectivity index (χ3v) is 1.74. The largest absolute Gasteiger partial charge is 1.00 e. The van der Waals surface area contributed by atoms with Crippen LogP contribution >= 0.6 is 15.6 Å². The van der Waals surface area contributed by atoms with Crippen molar-refractivity contribution in [1.82, 2.24) is 0 Å². The van der Waals surface area contributed by atoms with Gasteiger partial charge in [0.05, 0.1) is 26.4 Å². The van der Waals surface area contributed by atoms with E-state index in [0.717, 1.165) is 0 Å². The van der Waals surface area contributed by atoms with Crippen molar-refractivity contribution in [2.75, 3.05) is 26.4 Å². The third-order valence-electron chi connectivity index (χ3n) is 0.702. The average molecular weight is 344 g/mol. The zero-order valence-corrected chi connectivity index (χ0v) is 13.8. The minimum atomic E-state index is -4.58. The molecule has 12 nitrogen and oxygen atoms in total. The minimum Gasteiger partial charge on any atom is -1.00 e. The topological polar surface area (TPSA) is 237 Å². The van der Waals surface area contributed by atoms with Crippen LogP contribution in [0.4, 0.5) is 0 Å². The molecule has 0 rings (SSSR count). The van der Waals surface area contributed by atoms with Crippen molar-refractivity contribution >= 4 is 15.6 Å². The van der Waals surface area contributed by atoms with E-state index in [1.165, 1.54) is 0 Å². The SMILES string of the molecule is O.O.O=P(O)(O)OCCOP(=O)(O)O.OCCO.[H-].[Na+]. The quantitative estimate of drug-likeness (QED) is 0.151. The molecule has 0 heterocycles. The Labute approximate surface area is 132 Å². The number of rotatable bonds is 6. The molecule has 0 aromatic heterocycles. The molecule has 0 atom stereocenters. The summed E-state index contributed by atoms with van der Waals surface area (Å²) in [7, 11) is -9.16. The average Bonchev–Trinajstić information content (AvgIpc) is 2.10. The molecule has 0 spiro atoms. The molecule has 0 aromatic rings. The van der Waals surface area contributed by atoms with Gasteiger partial charge in [-0.25, -0.2) is 9.13 Å². The smallest absolute Gasteiger partial charge is 1.00 e. The second-order valence-corrected chi connectivity index (χ2v) is 4.57. The first-order valence-corrected chi connectivity index (χ1v) is 6.80. The number of phosphoric acid groups is 2. The molecular formula is C4H19NaO12P2. The molecule has 0 aromatic carbocycles. The predicted molar refractivity (Wildman–Crippen MR) is 58.5 cm³/mol. The number of hydrogen-bond acceptors (Lipinski definition) is 6. The molecule has 0 saturated carbocycles. The molecule has 0 amide bonds. The Morgan fingerprint density at radius 1 is 0.789 bits per heavy atom. The van der Waals surface area contributed by atoms with Gasteiger partial charge in [-0.15, -0.1) is 0 Å². The molecule has 0 radical (unpaired) electrons. The van der Waals surface area contributed by atoms with Gasteiger partial charge in [0.1, 0.15) is 0 Å². The van der Waals surface area contributed by atoms with Crippen LogP contribution in [-0.2, 0) is 18.2 Å². The maximum atomic E-state index is 9.98. The van der Waals surface area contributed by atoms with Crippen molar-refractivity contribution < 1.29 is 89.9 Å². The monoisotopic (exact) mass is 344 g/mol. The summed E-state index contributed by atoms with van der Waals surface area (Å²) in [6.45, 7) is -1.43. The first-order chi connectivity index (χ1) is 7.12. The molecule has 15 heteroatoms. The van der Waals surface area contributed by atoms with E-state index in [1.807, 2.05) is 0 Å². The van der Waals surface area contributed by atoms with Gasteiger partial charge in [0.25, 0.3) is 0 Å². The molecule has 0 aliphatic carbocycles. The van der Waals surface area contributed by atoms with Gasteiger partial charge in [0, 0.05) is 0 Å². The van der Waals surface area contributed by atoms with Crippen molar-refractivity contribution in [1.29, 1.82) is 0 Å². The molecular weight excluding hydrogens is 325 g/mol. The second-order valence-electron chi connectivity index (χ2n) is 2.09. The Hall–Kier alpha value is 1.06. The summed E-state index contributed by atoms with van der Waals surface area (Å²) in [5, 5.41) is 15.2. The van der Waals surface area contributed by atoms with E-state index in [4.69, 9.17) is 29.8 Å². The van der Waals surface area contributed by atoms with E-state index in [1.54, 1.807) is 0 Å². The van der Waals surface area contributed by atoms with E-state index in [2.05, 4.69) is 9.05 Å². The van der Waals surface area contributed by atoms with E-state index in [9.17, 15) is 9.13 Å². The summed E-state index contributed by atoms with van der Waals surface area (Å²) >= 11 is 0. The zero-order valence-electron chi connectivity index (χ0n) is 11.0. The van der Waals surface area contributed by atoms with E-state index in [0.29, 0.717) is 0 Å². The Balaban J connectivity index is -0.0000000547. The Kier molecular flexibility index (Phi) is 28.9. The maximum Gasteiger partial charge on any atom is 1.00 e. The summed E-state index contributed by atoms with van der Waals surface area (Å²) in [6.07, 6.45) is 0. The number of phosphoric ester groups is 2. The summed E-state index contributed by atoms with van der Waals surface area (Å²) in [5.74, 6) is 0. The van der Waals surface area contributed by atoms with Crippen LogP contribution in [-0.4, -0.2) is 67.2 Å². The van der Waals surface area contributed by atoms with Crippen molar-refractivity contribution in [2.45, 2.75) is 0 Å². The van der Waals surface area contributed by atoms with Crippen LogP contribution in [0.25, 0.3) is 0 Å². The van der Waals surface area contributed by atoms with Gasteiger partial charge >= 0.3 is 45.2 Å². The fourth-order valence-corrected chi connectivity index (χ4v) is 0.937. The van der Waals surface area contributed by atoms with Gasteiger partial charge in [0.2, 0.25) is 0 Å². The van der Waals surface area contributed by atoms with E-state index < -0.39 is 28.9 Å². The summed E-state index contributed by atoms with van der Waals surface area (Å²) in [5.41, 5.74) is 0. The predicted octanol–water partition coefficient (Wildman–Crippen LogP) is -6.36.